The molecule has 1 aliphatic carbocycles. The summed E-state index contributed by atoms with van der Waals surface area (Å²) in [7, 11) is 0. The van der Waals surface area contributed by atoms with Crippen molar-refractivity contribution in [1.82, 2.24) is 29.4 Å². The lowest BCUT2D eigenvalue weighted by Gasteiger charge is -2.16. The summed E-state index contributed by atoms with van der Waals surface area (Å²) in [5.41, 5.74) is 2.07. The van der Waals surface area contributed by atoms with Crippen molar-refractivity contribution >= 4 is 17.1 Å². The first-order chi connectivity index (χ1) is 14.5. The number of imidazole rings is 1. The second-order valence-electron chi connectivity index (χ2n) is 7.91. The third kappa shape index (κ3) is 3.28. The van der Waals surface area contributed by atoms with Gasteiger partial charge in [-0.15, -0.1) is 0 Å². The normalized spacial score (nSPS) is 18.9. The number of amides is 1. The van der Waals surface area contributed by atoms with E-state index >= 15 is 0 Å². The highest BCUT2D eigenvalue weighted by Crippen LogP contribution is 2.33. The highest BCUT2D eigenvalue weighted by molar-refractivity contribution is 5.82. The lowest BCUT2D eigenvalue weighted by atomic mass is 10.2. The van der Waals surface area contributed by atoms with E-state index in [0.29, 0.717) is 53.8 Å². The van der Waals surface area contributed by atoms with Crippen LogP contribution in [0.5, 0.6) is 5.88 Å². The molecule has 8 nitrogen and oxygen atoms in total. The average molecular weight is 410 g/mol. The number of carbonyl (C=O) groups is 1. The van der Waals surface area contributed by atoms with Crippen LogP contribution in [-0.2, 0) is 11.3 Å². The molecule has 5 rings (SSSR count). The van der Waals surface area contributed by atoms with Gasteiger partial charge >= 0.3 is 0 Å². The van der Waals surface area contributed by atoms with Gasteiger partial charge in [-0.3, -0.25) is 9.78 Å². The quantitative estimate of drug-likeness (QED) is 0.643. The smallest absolute Gasteiger partial charge is 0.245 e. The van der Waals surface area contributed by atoms with E-state index < -0.39 is 0 Å². The van der Waals surface area contributed by atoms with E-state index in [4.69, 9.17) is 4.74 Å². The van der Waals surface area contributed by atoms with Gasteiger partial charge in [0.05, 0.1) is 12.2 Å². The van der Waals surface area contributed by atoms with Gasteiger partial charge in [-0.2, -0.15) is 4.98 Å². The highest BCUT2D eigenvalue weighted by Gasteiger charge is 2.37. The Kier molecular flexibility index (Phi) is 4.60. The number of aryl methyl sites for hydroxylation is 2. The number of pyridine rings is 1. The molecule has 1 amide bonds. The van der Waals surface area contributed by atoms with Gasteiger partial charge in [-0.1, -0.05) is 0 Å². The van der Waals surface area contributed by atoms with E-state index in [1.54, 1.807) is 13.1 Å². The van der Waals surface area contributed by atoms with Crippen LogP contribution in [0, 0.1) is 18.7 Å². The van der Waals surface area contributed by atoms with Crippen LogP contribution in [0.4, 0.5) is 4.39 Å². The van der Waals surface area contributed by atoms with Crippen molar-refractivity contribution < 1.29 is 13.9 Å². The van der Waals surface area contributed by atoms with Crippen molar-refractivity contribution in [3.63, 3.8) is 0 Å². The van der Waals surface area contributed by atoms with Gasteiger partial charge in [0.25, 0.3) is 0 Å². The molecule has 3 aromatic heterocycles. The minimum Gasteiger partial charge on any atom is -0.471 e. The number of carbonyl (C=O) groups excluding carboxylic acids is 1. The van der Waals surface area contributed by atoms with Crippen molar-refractivity contribution in [2.45, 2.75) is 45.8 Å². The number of ether oxygens (including phenoxy) is 1. The minimum absolute atomic E-state index is 0.125. The summed E-state index contributed by atoms with van der Waals surface area (Å²) in [6.45, 7) is 5.47. The molecular weight excluding hydrogens is 387 g/mol. The Hall–Kier alpha value is -3.10. The van der Waals surface area contributed by atoms with E-state index in [0.717, 1.165) is 19.3 Å². The second kappa shape index (κ2) is 7.30. The van der Waals surface area contributed by atoms with Crippen LogP contribution in [0.1, 0.15) is 31.9 Å². The molecule has 3 aromatic rings. The first-order valence-electron chi connectivity index (χ1n) is 10.3. The molecule has 1 atom stereocenters. The van der Waals surface area contributed by atoms with Crippen molar-refractivity contribution in [2.24, 2.45) is 5.92 Å². The number of halogens is 1. The van der Waals surface area contributed by atoms with Gasteiger partial charge in [0.1, 0.15) is 24.1 Å². The van der Waals surface area contributed by atoms with Crippen molar-refractivity contribution in [1.29, 1.82) is 0 Å². The highest BCUT2D eigenvalue weighted by atomic mass is 19.1. The van der Waals surface area contributed by atoms with E-state index in [9.17, 15) is 9.18 Å². The van der Waals surface area contributed by atoms with Crippen LogP contribution < -0.4 is 4.74 Å². The lowest BCUT2D eigenvalue weighted by molar-refractivity contribution is -0.131. The Morgan fingerprint density at radius 3 is 2.83 bits per heavy atom. The zero-order valence-electron chi connectivity index (χ0n) is 17.0. The van der Waals surface area contributed by atoms with Crippen molar-refractivity contribution in [3.8, 4) is 17.3 Å². The number of fused-ring (bicyclic) bond motifs is 1. The topological polar surface area (TPSA) is 86.0 Å². The van der Waals surface area contributed by atoms with Gasteiger partial charge in [0, 0.05) is 37.2 Å². The lowest BCUT2D eigenvalue weighted by Crippen LogP contribution is -2.32. The van der Waals surface area contributed by atoms with E-state index in [1.165, 1.54) is 12.4 Å². The third-order valence-electron chi connectivity index (χ3n) is 5.76. The average Bonchev–Trinajstić information content (AvgIpc) is 3.37. The number of nitrogens with zero attached hydrogens (tertiary/aromatic N) is 6. The Labute approximate surface area is 173 Å². The standard InChI is InChI=1S/C21H23FN6O2/c1-3-28-18(14-8-16(22)12(2)23-9-14)26-17-19(28)24-11-25-20(17)30-15-6-7-27(10-15)21(29)13-4-5-13/h8-9,11,13,15H,3-7,10H2,1-2H3/t15-/m0/s1. The summed E-state index contributed by atoms with van der Waals surface area (Å²) in [6, 6.07) is 1.43. The Morgan fingerprint density at radius 1 is 1.27 bits per heavy atom. The zero-order chi connectivity index (χ0) is 20.8. The molecule has 1 saturated carbocycles. The predicted molar refractivity (Wildman–Crippen MR) is 107 cm³/mol. The Morgan fingerprint density at radius 2 is 2.10 bits per heavy atom. The number of aromatic nitrogens is 5. The molecule has 156 valence electrons. The van der Waals surface area contributed by atoms with Crippen LogP contribution >= 0.6 is 0 Å². The first kappa shape index (κ1) is 18.9. The fourth-order valence-corrected chi connectivity index (χ4v) is 3.92. The number of rotatable bonds is 5. The molecule has 2 aliphatic rings. The van der Waals surface area contributed by atoms with Crippen molar-refractivity contribution in [2.75, 3.05) is 13.1 Å². The third-order valence-corrected chi connectivity index (χ3v) is 5.76. The van der Waals surface area contributed by atoms with Crippen LogP contribution in [0.2, 0.25) is 0 Å². The summed E-state index contributed by atoms with van der Waals surface area (Å²) >= 11 is 0. The summed E-state index contributed by atoms with van der Waals surface area (Å²) in [4.78, 5) is 31.7. The number of hydrogen-bond donors (Lipinski definition) is 0. The van der Waals surface area contributed by atoms with E-state index in [2.05, 4.69) is 19.9 Å². The largest absolute Gasteiger partial charge is 0.471 e. The molecule has 0 spiro atoms. The molecule has 30 heavy (non-hydrogen) atoms. The molecule has 9 heteroatoms. The van der Waals surface area contributed by atoms with Crippen LogP contribution in [0.3, 0.4) is 0 Å². The molecule has 4 heterocycles. The van der Waals surface area contributed by atoms with Crippen LogP contribution in [-0.4, -0.2) is 54.5 Å². The first-order valence-corrected chi connectivity index (χ1v) is 10.3. The Balaban J connectivity index is 1.45. The summed E-state index contributed by atoms with van der Waals surface area (Å²) in [5, 5.41) is 0. The summed E-state index contributed by atoms with van der Waals surface area (Å²) in [5.74, 6) is 1.03. The molecular formula is C21H23FN6O2. The van der Waals surface area contributed by atoms with Gasteiger partial charge in [-0.05, 0) is 32.8 Å². The molecule has 0 radical (unpaired) electrons. The fourth-order valence-electron chi connectivity index (χ4n) is 3.92. The fraction of sp³-hybridized carbons (Fsp3) is 0.476. The van der Waals surface area contributed by atoms with Crippen LogP contribution in [0.25, 0.3) is 22.6 Å². The van der Waals surface area contributed by atoms with E-state index in [-0.39, 0.29) is 23.7 Å². The van der Waals surface area contributed by atoms with Crippen molar-refractivity contribution in [3.05, 3.63) is 30.1 Å². The Bertz CT molecular complexity index is 1130. The number of likely N-dealkylation sites (tertiary alicyclic amines) is 1. The summed E-state index contributed by atoms with van der Waals surface area (Å²) in [6.07, 6.45) is 5.69. The molecule has 0 N–H and O–H groups in total. The molecule has 1 saturated heterocycles. The van der Waals surface area contributed by atoms with Crippen LogP contribution in [0.15, 0.2) is 18.6 Å². The summed E-state index contributed by atoms with van der Waals surface area (Å²) < 4.78 is 22.1. The number of hydrogen-bond acceptors (Lipinski definition) is 6. The maximum Gasteiger partial charge on any atom is 0.245 e. The molecule has 1 aliphatic heterocycles. The van der Waals surface area contributed by atoms with E-state index in [1.807, 2.05) is 16.4 Å². The maximum atomic E-state index is 14.1. The molecule has 0 aromatic carbocycles. The molecule has 0 bridgehead atoms. The monoisotopic (exact) mass is 410 g/mol. The van der Waals surface area contributed by atoms with Gasteiger partial charge < -0.3 is 14.2 Å². The molecule has 2 fully saturated rings. The molecule has 0 unspecified atom stereocenters. The maximum absolute atomic E-state index is 14.1. The minimum atomic E-state index is -0.379. The van der Waals surface area contributed by atoms with Gasteiger partial charge in [0.15, 0.2) is 11.2 Å². The second-order valence-corrected chi connectivity index (χ2v) is 7.91. The SMILES string of the molecule is CCn1c(-c2cnc(C)c(F)c2)nc2c(O[C@H]3CCN(C(=O)C4CC4)C3)ncnc21. The van der Waals surface area contributed by atoms with Gasteiger partial charge in [0.2, 0.25) is 11.8 Å². The predicted octanol–water partition coefficient (Wildman–Crippen LogP) is 2.75. The van der Waals surface area contributed by atoms with Gasteiger partial charge in [-0.25, -0.2) is 14.4 Å². The zero-order valence-corrected chi connectivity index (χ0v) is 17.0.